The summed E-state index contributed by atoms with van der Waals surface area (Å²) in [6, 6.07) is 29.5. The molecule has 0 saturated carbocycles. The van der Waals surface area contributed by atoms with Gasteiger partial charge < -0.3 is 9.84 Å². The lowest BCUT2D eigenvalue weighted by Gasteiger charge is -2.29. The molecule has 0 amide bonds. The average Bonchev–Trinajstić information content (AvgIpc) is 2.82. The molecule has 3 nitrogen and oxygen atoms in total. The normalized spacial score (nSPS) is 11.9. The summed E-state index contributed by atoms with van der Waals surface area (Å²) in [5.74, 6) is 0.864. The third kappa shape index (κ3) is 5.82. The Bertz CT molecular complexity index is 863. The topological polar surface area (TPSA) is 32.7 Å². The van der Waals surface area contributed by atoms with Gasteiger partial charge in [-0.1, -0.05) is 78.9 Å². The van der Waals surface area contributed by atoms with Crippen molar-refractivity contribution < 1.29 is 9.84 Å². The number of nitrogens with zero attached hydrogens (tertiary/aromatic N) is 1. The molecule has 3 heteroatoms. The SMILES string of the molecule is COc1ccc([C@@H](C)N(CC=C(c2ccccc2)c2ccccc2)CCCO)cc1. The zero-order valence-electron chi connectivity index (χ0n) is 17.9. The summed E-state index contributed by atoms with van der Waals surface area (Å²) in [7, 11) is 1.69. The number of hydrogen-bond acceptors (Lipinski definition) is 3. The van der Waals surface area contributed by atoms with Gasteiger partial charge in [-0.25, -0.2) is 0 Å². The molecule has 0 aliphatic rings. The zero-order valence-corrected chi connectivity index (χ0v) is 17.9. The van der Waals surface area contributed by atoms with Crippen LogP contribution in [0.15, 0.2) is 91.0 Å². The van der Waals surface area contributed by atoms with Gasteiger partial charge in [0, 0.05) is 25.7 Å². The van der Waals surface area contributed by atoms with E-state index in [4.69, 9.17) is 4.74 Å². The quantitative estimate of drug-likeness (QED) is 0.482. The minimum atomic E-state index is 0.194. The molecule has 0 radical (unpaired) electrons. The number of rotatable bonds is 10. The van der Waals surface area contributed by atoms with Crippen LogP contribution in [0.5, 0.6) is 5.75 Å². The molecule has 0 aromatic heterocycles. The number of aliphatic hydroxyl groups excluding tert-OH is 1. The van der Waals surface area contributed by atoms with Crippen LogP contribution in [-0.4, -0.2) is 36.8 Å². The molecule has 0 saturated heterocycles. The second-order valence-electron chi connectivity index (χ2n) is 7.37. The lowest BCUT2D eigenvalue weighted by molar-refractivity contribution is 0.199. The Morgan fingerprint density at radius 3 is 1.97 bits per heavy atom. The molecule has 3 aromatic carbocycles. The van der Waals surface area contributed by atoms with E-state index < -0.39 is 0 Å². The van der Waals surface area contributed by atoms with E-state index in [1.165, 1.54) is 22.3 Å². The molecule has 1 atom stereocenters. The van der Waals surface area contributed by atoms with Gasteiger partial charge in [-0.15, -0.1) is 0 Å². The fraction of sp³-hybridized carbons (Fsp3) is 0.259. The summed E-state index contributed by atoms with van der Waals surface area (Å²) in [5, 5.41) is 9.41. The van der Waals surface area contributed by atoms with E-state index >= 15 is 0 Å². The van der Waals surface area contributed by atoms with Crippen molar-refractivity contribution in [1.82, 2.24) is 4.90 Å². The van der Waals surface area contributed by atoms with Crippen molar-refractivity contribution in [3.63, 3.8) is 0 Å². The van der Waals surface area contributed by atoms with Gasteiger partial charge in [0.25, 0.3) is 0 Å². The fourth-order valence-electron chi connectivity index (χ4n) is 3.66. The molecule has 0 unspecified atom stereocenters. The molecule has 1 N–H and O–H groups in total. The van der Waals surface area contributed by atoms with E-state index in [2.05, 4.69) is 78.6 Å². The van der Waals surface area contributed by atoms with Crippen molar-refractivity contribution in [3.8, 4) is 5.75 Å². The van der Waals surface area contributed by atoms with Crippen molar-refractivity contribution in [2.24, 2.45) is 0 Å². The van der Waals surface area contributed by atoms with Crippen molar-refractivity contribution in [3.05, 3.63) is 108 Å². The van der Waals surface area contributed by atoms with Gasteiger partial charge in [-0.2, -0.15) is 0 Å². The summed E-state index contributed by atoms with van der Waals surface area (Å²) in [4.78, 5) is 2.41. The molecule has 0 bridgehead atoms. The Hall–Kier alpha value is -2.88. The summed E-state index contributed by atoms with van der Waals surface area (Å²) < 4.78 is 5.30. The second kappa shape index (κ2) is 11.3. The van der Waals surface area contributed by atoms with Crippen LogP contribution < -0.4 is 4.74 Å². The fourth-order valence-corrected chi connectivity index (χ4v) is 3.66. The maximum atomic E-state index is 9.41. The predicted molar refractivity (Wildman–Crippen MR) is 125 cm³/mol. The van der Waals surface area contributed by atoms with Crippen LogP contribution in [0.2, 0.25) is 0 Å². The molecule has 0 fully saturated rings. The Labute approximate surface area is 180 Å². The lowest BCUT2D eigenvalue weighted by atomic mass is 9.97. The van der Waals surface area contributed by atoms with Crippen molar-refractivity contribution in [1.29, 1.82) is 0 Å². The summed E-state index contributed by atoms with van der Waals surface area (Å²) >= 11 is 0. The number of benzene rings is 3. The van der Waals surface area contributed by atoms with Crippen LogP contribution in [0.3, 0.4) is 0 Å². The molecule has 0 spiro atoms. The Balaban J connectivity index is 1.88. The van der Waals surface area contributed by atoms with E-state index in [0.717, 1.165) is 25.3 Å². The molecule has 3 aromatic rings. The average molecular weight is 402 g/mol. The van der Waals surface area contributed by atoms with Crippen LogP contribution in [-0.2, 0) is 0 Å². The molecular weight excluding hydrogens is 370 g/mol. The second-order valence-corrected chi connectivity index (χ2v) is 7.37. The molecular formula is C27H31NO2. The summed E-state index contributed by atoms with van der Waals surface area (Å²) in [6.45, 7) is 4.04. The lowest BCUT2D eigenvalue weighted by Crippen LogP contribution is -2.29. The maximum Gasteiger partial charge on any atom is 0.118 e. The van der Waals surface area contributed by atoms with E-state index in [-0.39, 0.29) is 12.6 Å². The Morgan fingerprint density at radius 1 is 0.900 bits per heavy atom. The van der Waals surface area contributed by atoms with Gasteiger partial charge in [-0.3, -0.25) is 4.90 Å². The van der Waals surface area contributed by atoms with Gasteiger partial charge in [0.15, 0.2) is 0 Å². The van der Waals surface area contributed by atoms with Gasteiger partial charge in [0.05, 0.1) is 7.11 Å². The van der Waals surface area contributed by atoms with Crippen molar-refractivity contribution in [2.75, 3.05) is 26.8 Å². The number of aliphatic hydroxyl groups is 1. The van der Waals surface area contributed by atoms with Gasteiger partial charge in [0.1, 0.15) is 5.75 Å². The highest BCUT2D eigenvalue weighted by atomic mass is 16.5. The molecule has 0 aliphatic heterocycles. The van der Waals surface area contributed by atoms with Crippen molar-refractivity contribution >= 4 is 5.57 Å². The maximum absolute atomic E-state index is 9.41. The minimum absolute atomic E-state index is 0.194. The van der Waals surface area contributed by atoms with Crippen molar-refractivity contribution in [2.45, 2.75) is 19.4 Å². The summed E-state index contributed by atoms with van der Waals surface area (Å²) in [6.07, 6.45) is 3.06. The van der Waals surface area contributed by atoms with E-state index in [1.807, 2.05) is 24.3 Å². The van der Waals surface area contributed by atoms with Crippen LogP contribution in [0.25, 0.3) is 5.57 Å². The smallest absolute Gasteiger partial charge is 0.118 e. The molecule has 0 heterocycles. The monoisotopic (exact) mass is 401 g/mol. The predicted octanol–water partition coefficient (Wildman–Crippen LogP) is 5.57. The van der Waals surface area contributed by atoms with Crippen LogP contribution in [0, 0.1) is 0 Å². The molecule has 0 aliphatic carbocycles. The Morgan fingerprint density at radius 2 is 1.47 bits per heavy atom. The summed E-state index contributed by atoms with van der Waals surface area (Å²) in [5.41, 5.74) is 4.89. The third-order valence-corrected chi connectivity index (χ3v) is 5.45. The molecule has 30 heavy (non-hydrogen) atoms. The first kappa shape index (κ1) is 21.8. The first-order valence-corrected chi connectivity index (χ1v) is 10.5. The highest BCUT2D eigenvalue weighted by molar-refractivity contribution is 5.79. The Kier molecular flexibility index (Phi) is 8.25. The van der Waals surface area contributed by atoms with Gasteiger partial charge >= 0.3 is 0 Å². The molecule has 3 rings (SSSR count). The third-order valence-electron chi connectivity index (χ3n) is 5.45. The highest BCUT2D eigenvalue weighted by Crippen LogP contribution is 2.26. The van der Waals surface area contributed by atoms with Crippen LogP contribution >= 0.6 is 0 Å². The van der Waals surface area contributed by atoms with E-state index in [1.54, 1.807) is 7.11 Å². The zero-order chi connectivity index (χ0) is 21.2. The molecule has 156 valence electrons. The van der Waals surface area contributed by atoms with Crippen LogP contribution in [0.1, 0.15) is 36.1 Å². The standard InChI is InChI=1S/C27H31NO2/c1-22(23-14-16-26(30-2)17-15-23)28(19-9-21-29)20-18-27(24-10-5-3-6-11-24)25-12-7-4-8-13-25/h3-8,10-18,22,29H,9,19-21H2,1-2H3/t22-/m1/s1. The first-order valence-electron chi connectivity index (χ1n) is 10.5. The minimum Gasteiger partial charge on any atom is -0.497 e. The number of ether oxygens (including phenoxy) is 1. The highest BCUT2D eigenvalue weighted by Gasteiger charge is 2.15. The van der Waals surface area contributed by atoms with Gasteiger partial charge in [-0.05, 0) is 47.7 Å². The van der Waals surface area contributed by atoms with E-state index in [0.29, 0.717) is 0 Å². The number of methoxy groups -OCH3 is 1. The van der Waals surface area contributed by atoms with Crippen LogP contribution in [0.4, 0.5) is 0 Å². The number of hydrogen-bond donors (Lipinski definition) is 1. The van der Waals surface area contributed by atoms with Gasteiger partial charge in [0.2, 0.25) is 0 Å². The largest absolute Gasteiger partial charge is 0.497 e. The van der Waals surface area contributed by atoms with E-state index in [9.17, 15) is 5.11 Å². The first-order chi connectivity index (χ1) is 14.7.